The topological polar surface area (TPSA) is 66.0 Å². The van der Waals surface area contributed by atoms with Crippen LogP contribution < -0.4 is 5.32 Å². The van der Waals surface area contributed by atoms with Gasteiger partial charge in [-0.25, -0.2) is 0 Å². The van der Waals surface area contributed by atoms with Gasteiger partial charge in [0.05, 0.1) is 12.7 Å². The number of ether oxygens (including phenoxy) is 4. The fourth-order valence-electron chi connectivity index (χ4n) is 2.92. The van der Waals surface area contributed by atoms with Crippen molar-refractivity contribution in [3.05, 3.63) is 35.9 Å². The molecule has 1 N–H and O–H groups in total. The lowest BCUT2D eigenvalue weighted by Crippen LogP contribution is -2.37. The van der Waals surface area contributed by atoms with Crippen LogP contribution in [0.2, 0.25) is 0 Å². The van der Waals surface area contributed by atoms with Crippen LogP contribution in [0.25, 0.3) is 0 Å². The van der Waals surface area contributed by atoms with Gasteiger partial charge in [0.2, 0.25) is 0 Å². The smallest absolute Gasteiger partial charge is 0.323 e. The molecule has 1 fully saturated rings. The molecule has 1 aliphatic rings. The van der Waals surface area contributed by atoms with Crippen LogP contribution >= 0.6 is 0 Å². The lowest BCUT2D eigenvalue weighted by Gasteiger charge is -2.22. The molecule has 0 aliphatic carbocycles. The Bertz CT molecular complexity index is 558. The third-order valence-electron chi connectivity index (χ3n) is 4.26. The molecule has 2 rings (SSSR count). The highest BCUT2D eigenvalue weighted by molar-refractivity contribution is 5.76. The van der Waals surface area contributed by atoms with E-state index in [1.54, 1.807) is 0 Å². The predicted molar refractivity (Wildman–Crippen MR) is 108 cm³/mol. The van der Waals surface area contributed by atoms with E-state index in [0.29, 0.717) is 46.0 Å². The highest BCUT2D eigenvalue weighted by atomic mass is 16.6. The third-order valence-corrected chi connectivity index (χ3v) is 4.26. The van der Waals surface area contributed by atoms with Gasteiger partial charge in [0.15, 0.2) is 0 Å². The third kappa shape index (κ3) is 9.64. The Morgan fingerprint density at radius 3 is 2.43 bits per heavy atom. The van der Waals surface area contributed by atoms with E-state index in [-0.39, 0.29) is 18.1 Å². The van der Waals surface area contributed by atoms with Gasteiger partial charge in [-0.3, -0.25) is 4.79 Å². The summed E-state index contributed by atoms with van der Waals surface area (Å²) in [7, 11) is 0. The molecule has 1 aromatic rings. The highest BCUT2D eigenvalue weighted by Crippen LogP contribution is 2.16. The largest absolute Gasteiger partial charge is 0.459 e. The second-order valence-electron chi connectivity index (χ2n) is 8.08. The monoisotopic (exact) mass is 393 g/mol. The van der Waals surface area contributed by atoms with Gasteiger partial charge in [0, 0.05) is 39.4 Å². The molecule has 6 heteroatoms. The standard InChI is InChI=1S/C22H35NO5/c1-22(2,3)28-21(24)20-15-19(16-23-20)27-14-8-12-25-11-7-13-26-17-18-9-5-4-6-10-18/h4-6,9-10,19-20,23H,7-8,11-17H2,1-3H3/t19-,20+/m1/s1. The molecule has 0 unspecified atom stereocenters. The zero-order chi connectivity index (χ0) is 20.2. The summed E-state index contributed by atoms with van der Waals surface area (Å²) in [6, 6.07) is 9.89. The van der Waals surface area contributed by atoms with Crippen LogP contribution in [-0.2, 0) is 30.3 Å². The van der Waals surface area contributed by atoms with Crippen LogP contribution in [0.4, 0.5) is 0 Å². The minimum absolute atomic E-state index is 0.0592. The van der Waals surface area contributed by atoms with Crippen molar-refractivity contribution in [2.45, 2.75) is 64.4 Å². The van der Waals surface area contributed by atoms with Crippen molar-refractivity contribution >= 4 is 5.97 Å². The quantitative estimate of drug-likeness (QED) is 0.435. The maximum atomic E-state index is 12.0. The van der Waals surface area contributed by atoms with Crippen LogP contribution in [0.1, 0.15) is 45.6 Å². The van der Waals surface area contributed by atoms with Gasteiger partial charge in [-0.2, -0.15) is 0 Å². The first-order chi connectivity index (χ1) is 13.4. The zero-order valence-corrected chi connectivity index (χ0v) is 17.4. The van der Waals surface area contributed by atoms with Gasteiger partial charge in [-0.05, 0) is 39.2 Å². The van der Waals surface area contributed by atoms with Crippen molar-refractivity contribution in [3.8, 4) is 0 Å². The van der Waals surface area contributed by atoms with E-state index >= 15 is 0 Å². The van der Waals surface area contributed by atoms with Crippen molar-refractivity contribution in [2.24, 2.45) is 0 Å². The molecule has 0 saturated carbocycles. The maximum Gasteiger partial charge on any atom is 0.323 e. The molecule has 1 heterocycles. The number of hydrogen-bond donors (Lipinski definition) is 1. The summed E-state index contributed by atoms with van der Waals surface area (Å²) in [6.45, 7) is 9.67. The zero-order valence-electron chi connectivity index (χ0n) is 17.4. The van der Waals surface area contributed by atoms with Crippen molar-refractivity contribution in [3.63, 3.8) is 0 Å². The molecule has 1 aliphatic heterocycles. The summed E-state index contributed by atoms with van der Waals surface area (Å²) in [5, 5.41) is 3.18. The van der Waals surface area contributed by atoms with Gasteiger partial charge < -0.3 is 24.3 Å². The van der Waals surface area contributed by atoms with E-state index in [9.17, 15) is 4.79 Å². The first-order valence-electron chi connectivity index (χ1n) is 10.2. The molecule has 0 radical (unpaired) electrons. The average molecular weight is 394 g/mol. The lowest BCUT2D eigenvalue weighted by molar-refractivity contribution is -0.157. The normalized spacial score (nSPS) is 19.7. The molecule has 0 bridgehead atoms. The number of rotatable bonds is 12. The van der Waals surface area contributed by atoms with E-state index < -0.39 is 5.60 Å². The van der Waals surface area contributed by atoms with E-state index in [0.717, 1.165) is 12.8 Å². The van der Waals surface area contributed by atoms with Crippen LogP contribution in [0.5, 0.6) is 0 Å². The molecule has 1 saturated heterocycles. The number of nitrogens with one attached hydrogen (secondary N) is 1. The summed E-state index contributed by atoms with van der Waals surface area (Å²) < 4.78 is 22.5. The first-order valence-corrected chi connectivity index (χ1v) is 10.2. The second kappa shape index (κ2) is 12.2. The van der Waals surface area contributed by atoms with Crippen LogP contribution in [0, 0.1) is 0 Å². The van der Waals surface area contributed by atoms with Crippen LogP contribution in [0.3, 0.4) is 0 Å². The molecular formula is C22H35NO5. The summed E-state index contributed by atoms with van der Waals surface area (Å²) >= 11 is 0. The number of hydrogen-bond acceptors (Lipinski definition) is 6. The second-order valence-corrected chi connectivity index (χ2v) is 8.08. The molecule has 0 spiro atoms. The summed E-state index contributed by atoms with van der Waals surface area (Å²) in [5.74, 6) is -0.198. The van der Waals surface area contributed by atoms with E-state index in [2.05, 4.69) is 17.4 Å². The fraction of sp³-hybridized carbons (Fsp3) is 0.682. The van der Waals surface area contributed by atoms with Crippen molar-refractivity contribution < 1.29 is 23.7 Å². The molecule has 1 aromatic carbocycles. The molecule has 0 aromatic heterocycles. The Morgan fingerprint density at radius 1 is 1.04 bits per heavy atom. The molecule has 28 heavy (non-hydrogen) atoms. The van der Waals surface area contributed by atoms with Crippen LogP contribution in [0.15, 0.2) is 30.3 Å². The van der Waals surface area contributed by atoms with Crippen molar-refractivity contribution in [1.82, 2.24) is 5.32 Å². The number of esters is 1. The number of carbonyl (C=O) groups is 1. The minimum atomic E-state index is -0.457. The van der Waals surface area contributed by atoms with E-state index in [1.165, 1.54) is 5.56 Å². The molecule has 0 amide bonds. The van der Waals surface area contributed by atoms with E-state index in [1.807, 2.05) is 39.0 Å². The summed E-state index contributed by atoms with van der Waals surface area (Å²) in [6.07, 6.45) is 2.45. The minimum Gasteiger partial charge on any atom is -0.459 e. The number of carbonyl (C=O) groups excluding carboxylic acids is 1. The molecule has 158 valence electrons. The Labute approximate surface area is 168 Å². The van der Waals surface area contributed by atoms with Gasteiger partial charge in [-0.1, -0.05) is 30.3 Å². The average Bonchev–Trinajstić information content (AvgIpc) is 3.12. The molecule has 2 atom stereocenters. The van der Waals surface area contributed by atoms with E-state index in [4.69, 9.17) is 18.9 Å². The summed E-state index contributed by atoms with van der Waals surface area (Å²) in [4.78, 5) is 12.0. The first kappa shape index (κ1) is 22.8. The fourth-order valence-corrected chi connectivity index (χ4v) is 2.92. The summed E-state index contributed by atoms with van der Waals surface area (Å²) in [5.41, 5.74) is 0.734. The Hall–Kier alpha value is -1.47. The van der Waals surface area contributed by atoms with Crippen molar-refractivity contribution in [2.75, 3.05) is 33.0 Å². The SMILES string of the molecule is CC(C)(C)OC(=O)[C@@H]1C[C@@H](OCCCOCCCOCc2ccccc2)CN1. The maximum absolute atomic E-state index is 12.0. The Balaban J connectivity index is 1.40. The van der Waals surface area contributed by atoms with Gasteiger partial charge >= 0.3 is 5.97 Å². The van der Waals surface area contributed by atoms with Crippen molar-refractivity contribution in [1.29, 1.82) is 0 Å². The van der Waals surface area contributed by atoms with Crippen LogP contribution in [-0.4, -0.2) is 56.7 Å². The molecular weight excluding hydrogens is 358 g/mol. The Kier molecular flexibility index (Phi) is 9.92. The van der Waals surface area contributed by atoms with Gasteiger partial charge in [-0.15, -0.1) is 0 Å². The lowest BCUT2D eigenvalue weighted by atomic mass is 10.1. The highest BCUT2D eigenvalue weighted by Gasteiger charge is 2.32. The predicted octanol–water partition coefficient (Wildman–Crippen LogP) is 3.09. The van der Waals surface area contributed by atoms with Gasteiger partial charge in [0.25, 0.3) is 0 Å². The number of benzene rings is 1. The Morgan fingerprint density at radius 2 is 1.71 bits per heavy atom. The molecule has 6 nitrogen and oxygen atoms in total. The van der Waals surface area contributed by atoms with Gasteiger partial charge in [0.1, 0.15) is 11.6 Å².